The van der Waals surface area contributed by atoms with E-state index in [0.717, 1.165) is 37.6 Å². The molecule has 0 bridgehead atoms. The van der Waals surface area contributed by atoms with Gasteiger partial charge in [-0.3, -0.25) is 4.79 Å². The van der Waals surface area contributed by atoms with Crippen LogP contribution in [0.15, 0.2) is 22.0 Å². The molecule has 3 rings (SSSR count). The van der Waals surface area contributed by atoms with Crippen molar-refractivity contribution in [2.45, 2.75) is 26.2 Å². The quantitative estimate of drug-likeness (QED) is 0.778. The number of aryl methyl sites for hydroxylation is 1. The van der Waals surface area contributed by atoms with Gasteiger partial charge in [-0.25, -0.2) is 0 Å². The molecule has 6 nitrogen and oxygen atoms in total. The second kappa shape index (κ2) is 7.70. The third-order valence-corrected chi connectivity index (χ3v) is 4.87. The Labute approximate surface area is 139 Å². The minimum atomic E-state index is 0.135. The molecular formula is C16H21N3O3S. The first kappa shape index (κ1) is 16.1. The van der Waals surface area contributed by atoms with E-state index in [1.54, 1.807) is 11.3 Å². The van der Waals surface area contributed by atoms with E-state index in [-0.39, 0.29) is 5.91 Å². The third-order valence-electron chi connectivity index (χ3n) is 4.00. The van der Waals surface area contributed by atoms with E-state index in [2.05, 4.69) is 10.1 Å². The van der Waals surface area contributed by atoms with E-state index in [9.17, 15) is 4.79 Å². The summed E-state index contributed by atoms with van der Waals surface area (Å²) in [6.45, 7) is 5.08. The number of thiophene rings is 1. The number of hydrogen-bond acceptors (Lipinski definition) is 6. The van der Waals surface area contributed by atoms with Gasteiger partial charge in [-0.05, 0) is 24.8 Å². The van der Waals surface area contributed by atoms with Gasteiger partial charge < -0.3 is 14.2 Å². The zero-order chi connectivity index (χ0) is 16.1. The summed E-state index contributed by atoms with van der Waals surface area (Å²) in [5.74, 6) is 1.71. The van der Waals surface area contributed by atoms with Gasteiger partial charge in [-0.15, -0.1) is 11.3 Å². The standard InChI is InChI=1S/C16H21N3O3S/c1-2-19(10-12-7-8-21-11-12)15(20)6-5-14-17-16(18-22-14)13-4-3-9-23-13/h3-4,9,12H,2,5-8,10-11H2,1H3/t12-/m0/s1. The van der Waals surface area contributed by atoms with E-state index in [1.165, 1.54) is 0 Å². The molecule has 1 atom stereocenters. The highest BCUT2D eigenvalue weighted by molar-refractivity contribution is 7.13. The first-order valence-electron chi connectivity index (χ1n) is 7.98. The maximum Gasteiger partial charge on any atom is 0.227 e. The van der Waals surface area contributed by atoms with Crippen molar-refractivity contribution in [2.75, 3.05) is 26.3 Å². The summed E-state index contributed by atoms with van der Waals surface area (Å²) in [4.78, 5) is 19.6. The fraction of sp³-hybridized carbons (Fsp3) is 0.562. The summed E-state index contributed by atoms with van der Waals surface area (Å²) in [6, 6.07) is 3.90. The number of rotatable bonds is 7. The molecule has 0 unspecified atom stereocenters. The average molecular weight is 335 g/mol. The fourth-order valence-corrected chi connectivity index (χ4v) is 3.33. The second-order valence-corrected chi connectivity index (χ2v) is 6.60. The number of ether oxygens (including phenoxy) is 1. The number of nitrogens with zero attached hydrogens (tertiary/aromatic N) is 3. The highest BCUT2D eigenvalue weighted by Crippen LogP contribution is 2.21. The fourth-order valence-electron chi connectivity index (χ4n) is 2.68. The Balaban J connectivity index is 1.51. The van der Waals surface area contributed by atoms with Crippen LogP contribution in [0.1, 0.15) is 25.7 Å². The molecule has 1 aliphatic rings. The van der Waals surface area contributed by atoms with E-state index in [4.69, 9.17) is 9.26 Å². The topological polar surface area (TPSA) is 68.5 Å². The van der Waals surface area contributed by atoms with E-state index in [1.807, 2.05) is 29.3 Å². The van der Waals surface area contributed by atoms with Crippen molar-refractivity contribution >= 4 is 17.2 Å². The zero-order valence-corrected chi connectivity index (χ0v) is 14.1. The first-order valence-corrected chi connectivity index (χ1v) is 8.86. The summed E-state index contributed by atoms with van der Waals surface area (Å²) >= 11 is 1.57. The predicted molar refractivity (Wildman–Crippen MR) is 87.1 cm³/mol. The maximum absolute atomic E-state index is 12.4. The molecule has 0 aromatic carbocycles. The van der Waals surface area contributed by atoms with Gasteiger partial charge in [0.25, 0.3) is 0 Å². The minimum absolute atomic E-state index is 0.135. The summed E-state index contributed by atoms with van der Waals surface area (Å²) in [6.07, 6.45) is 1.92. The van der Waals surface area contributed by atoms with Crippen molar-refractivity contribution in [2.24, 2.45) is 5.92 Å². The van der Waals surface area contributed by atoms with Gasteiger partial charge in [0.15, 0.2) is 0 Å². The molecular weight excluding hydrogens is 314 g/mol. The molecule has 2 aromatic heterocycles. The van der Waals surface area contributed by atoms with Crippen molar-refractivity contribution < 1.29 is 14.1 Å². The lowest BCUT2D eigenvalue weighted by atomic mass is 10.1. The van der Waals surface area contributed by atoms with Crippen LogP contribution in [0.4, 0.5) is 0 Å². The van der Waals surface area contributed by atoms with Gasteiger partial charge in [0, 0.05) is 38.5 Å². The van der Waals surface area contributed by atoms with Gasteiger partial charge in [0.1, 0.15) is 0 Å². The number of amides is 1. The van der Waals surface area contributed by atoms with Crippen LogP contribution in [0, 0.1) is 5.92 Å². The molecule has 0 N–H and O–H groups in total. The van der Waals surface area contributed by atoms with E-state index < -0.39 is 0 Å². The SMILES string of the molecule is CCN(C[C@@H]1CCOC1)C(=O)CCc1nc(-c2cccs2)no1. The van der Waals surface area contributed by atoms with Crippen molar-refractivity contribution in [3.05, 3.63) is 23.4 Å². The van der Waals surface area contributed by atoms with E-state index in [0.29, 0.717) is 30.5 Å². The average Bonchev–Trinajstić information content (AvgIpc) is 3.32. The van der Waals surface area contributed by atoms with Gasteiger partial charge >= 0.3 is 0 Å². The van der Waals surface area contributed by atoms with Crippen LogP contribution >= 0.6 is 11.3 Å². The second-order valence-electron chi connectivity index (χ2n) is 5.65. The van der Waals surface area contributed by atoms with Crippen molar-refractivity contribution in [1.29, 1.82) is 0 Å². The Morgan fingerprint density at radius 3 is 3.13 bits per heavy atom. The highest BCUT2D eigenvalue weighted by Gasteiger charge is 2.22. The number of hydrogen-bond donors (Lipinski definition) is 0. The molecule has 0 spiro atoms. The summed E-state index contributed by atoms with van der Waals surface area (Å²) in [7, 11) is 0. The maximum atomic E-state index is 12.4. The Morgan fingerprint density at radius 1 is 1.52 bits per heavy atom. The largest absolute Gasteiger partial charge is 0.381 e. The van der Waals surface area contributed by atoms with Gasteiger partial charge in [-0.1, -0.05) is 11.2 Å². The Kier molecular flexibility index (Phi) is 5.40. The number of carbonyl (C=O) groups excluding carboxylic acids is 1. The summed E-state index contributed by atoms with van der Waals surface area (Å²) in [5.41, 5.74) is 0. The van der Waals surface area contributed by atoms with Crippen LogP contribution in [0.2, 0.25) is 0 Å². The molecule has 1 amide bonds. The first-order chi connectivity index (χ1) is 11.3. The Bertz CT molecular complexity index is 620. The van der Waals surface area contributed by atoms with Crippen LogP contribution in [0.5, 0.6) is 0 Å². The lowest BCUT2D eigenvalue weighted by Gasteiger charge is -2.23. The monoisotopic (exact) mass is 335 g/mol. The van der Waals surface area contributed by atoms with Crippen molar-refractivity contribution in [3.63, 3.8) is 0 Å². The predicted octanol–water partition coefficient (Wildman–Crippen LogP) is 2.62. The lowest BCUT2D eigenvalue weighted by molar-refractivity contribution is -0.131. The van der Waals surface area contributed by atoms with E-state index >= 15 is 0 Å². The summed E-state index contributed by atoms with van der Waals surface area (Å²) in [5, 5.41) is 5.94. The zero-order valence-electron chi connectivity index (χ0n) is 13.2. The number of aromatic nitrogens is 2. The minimum Gasteiger partial charge on any atom is -0.381 e. The van der Waals surface area contributed by atoms with Crippen LogP contribution in [0.25, 0.3) is 10.7 Å². The van der Waals surface area contributed by atoms with Gasteiger partial charge in [0.05, 0.1) is 11.5 Å². The number of carbonyl (C=O) groups is 1. The molecule has 2 aromatic rings. The molecule has 23 heavy (non-hydrogen) atoms. The molecule has 1 aliphatic heterocycles. The molecule has 1 saturated heterocycles. The highest BCUT2D eigenvalue weighted by atomic mass is 32.1. The van der Waals surface area contributed by atoms with Gasteiger partial charge in [-0.2, -0.15) is 4.98 Å². The molecule has 0 saturated carbocycles. The molecule has 7 heteroatoms. The Hall–Kier alpha value is -1.73. The molecule has 3 heterocycles. The van der Waals surface area contributed by atoms with Crippen molar-refractivity contribution in [3.8, 4) is 10.7 Å². The van der Waals surface area contributed by atoms with Crippen molar-refractivity contribution in [1.82, 2.24) is 15.0 Å². The molecule has 1 fully saturated rings. The van der Waals surface area contributed by atoms with Crippen LogP contribution < -0.4 is 0 Å². The molecule has 124 valence electrons. The van der Waals surface area contributed by atoms with Crippen LogP contribution in [-0.4, -0.2) is 47.3 Å². The lowest BCUT2D eigenvalue weighted by Crippen LogP contribution is -2.35. The normalized spacial score (nSPS) is 17.5. The smallest absolute Gasteiger partial charge is 0.227 e. The molecule has 0 aliphatic carbocycles. The molecule has 0 radical (unpaired) electrons. The third kappa shape index (κ3) is 4.17. The summed E-state index contributed by atoms with van der Waals surface area (Å²) < 4.78 is 10.6. The Morgan fingerprint density at radius 2 is 2.43 bits per heavy atom. The van der Waals surface area contributed by atoms with Gasteiger partial charge in [0.2, 0.25) is 17.6 Å². The van der Waals surface area contributed by atoms with Crippen LogP contribution in [-0.2, 0) is 16.0 Å². The van der Waals surface area contributed by atoms with Crippen LogP contribution in [0.3, 0.4) is 0 Å².